The van der Waals surface area contributed by atoms with Crippen LogP contribution in [0.3, 0.4) is 0 Å². The van der Waals surface area contributed by atoms with Gasteiger partial charge < -0.3 is 15.5 Å². The van der Waals surface area contributed by atoms with Crippen molar-refractivity contribution < 1.29 is 35.1 Å². The standard InChI is InChI=1S/C21H24F2N2O6S2/c22-21(23)31-19-9-5-4-8-17(19)13-33(29,30)15-18(20(26)25-11-10-24)14-32(27,28)12-16-6-2-1-3-7-16/h1-10,18,21,24H,11-15H2,(H,25,26). The third-order valence-electron chi connectivity index (χ3n) is 4.45. The second kappa shape index (κ2) is 11.8. The van der Waals surface area contributed by atoms with Crippen molar-refractivity contribution in [1.82, 2.24) is 5.32 Å². The topological polar surface area (TPSA) is 130 Å². The molecule has 0 aliphatic heterocycles. The molecule has 180 valence electrons. The van der Waals surface area contributed by atoms with Gasteiger partial charge in [-0.05, 0) is 11.6 Å². The van der Waals surface area contributed by atoms with Crippen LogP contribution in [0.5, 0.6) is 5.75 Å². The summed E-state index contributed by atoms with van der Waals surface area (Å²) in [5.41, 5.74) is 0.445. The molecule has 0 radical (unpaired) electrons. The second-order valence-corrected chi connectivity index (χ2v) is 11.4. The number of benzene rings is 2. The van der Waals surface area contributed by atoms with Crippen LogP contribution in [0.4, 0.5) is 8.78 Å². The molecule has 1 unspecified atom stereocenters. The predicted molar refractivity (Wildman–Crippen MR) is 120 cm³/mol. The highest BCUT2D eigenvalue weighted by Crippen LogP contribution is 2.24. The minimum absolute atomic E-state index is 0.0383. The van der Waals surface area contributed by atoms with Gasteiger partial charge >= 0.3 is 6.61 Å². The maximum absolute atomic E-state index is 12.8. The number of rotatable bonds is 13. The Morgan fingerprint density at radius 3 is 2.12 bits per heavy atom. The van der Waals surface area contributed by atoms with E-state index in [1.54, 1.807) is 30.3 Å². The number of para-hydroxylation sites is 1. The molecule has 0 heterocycles. The summed E-state index contributed by atoms with van der Waals surface area (Å²) < 4.78 is 80.6. The molecular formula is C21H24F2N2O6S2. The number of sulfone groups is 2. The molecule has 12 heteroatoms. The molecule has 0 saturated carbocycles. The summed E-state index contributed by atoms with van der Waals surface area (Å²) in [6.45, 7) is -3.35. The van der Waals surface area contributed by atoms with E-state index in [-0.39, 0.29) is 23.6 Å². The highest BCUT2D eigenvalue weighted by Gasteiger charge is 2.31. The molecule has 0 aliphatic rings. The molecule has 1 atom stereocenters. The van der Waals surface area contributed by atoms with E-state index >= 15 is 0 Å². The summed E-state index contributed by atoms with van der Waals surface area (Å²) in [6.07, 6.45) is 0.875. The van der Waals surface area contributed by atoms with Crippen molar-refractivity contribution >= 4 is 31.8 Å². The number of amides is 1. The van der Waals surface area contributed by atoms with Crippen molar-refractivity contribution in [2.45, 2.75) is 18.1 Å². The van der Waals surface area contributed by atoms with Gasteiger partial charge in [0.1, 0.15) is 5.75 Å². The Balaban J connectivity index is 2.23. The quantitative estimate of drug-likeness (QED) is 0.404. The molecule has 0 aliphatic carbocycles. The van der Waals surface area contributed by atoms with E-state index < -0.39 is 55.4 Å². The lowest BCUT2D eigenvalue weighted by atomic mass is 10.2. The van der Waals surface area contributed by atoms with E-state index in [1.165, 1.54) is 24.3 Å². The fourth-order valence-corrected chi connectivity index (χ4v) is 6.69. The molecule has 2 aromatic carbocycles. The normalized spacial score (nSPS) is 12.8. The van der Waals surface area contributed by atoms with Crippen LogP contribution in [0.1, 0.15) is 11.1 Å². The van der Waals surface area contributed by atoms with Gasteiger partial charge in [0.15, 0.2) is 19.7 Å². The van der Waals surface area contributed by atoms with Crippen LogP contribution in [0.15, 0.2) is 54.6 Å². The highest BCUT2D eigenvalue weighted by molar-refractivity contribution is 7.91. The van der Waals surface area contributed by atoms with E-state index in [1.807, 2.05) is 0 Å². The van der Waals surface area contributed by atoms with Gasteiger partial charge in [0.25, 0.3) is 0 Å². The van der Waals surface area contributed by atoms with Crippen LogP contribution in [-0.4, -0.2) is 53.6 Å². The number of halogens is 2. The third kappa shape index (κ3) is 9.26. The molecule has 33 heavy (non-hydrogen) atoms. The van der Waals surface area contributed by atoms with Gasteiger partial charge in [-0.3, -0.25) is 4.79 Å². The smallest absolute Gasteiger partial charge is 0.387 e. The highest BCUT2D eigenvalue weighted by atomic mass is 32.2. The number of ether oxygens (including phenoxy) is 1. The first-order chi connectivity index (χ1) is 15.5. The van der Waals surface area contributed by atoms with Gasteiger partial charge in [0.05, 0.1) is 35.5 Å². The zero-order valence-corrected chi connectivity index (χ0v) is 19.1. The van der Waals surface area contributed by atoms with Gasteiger partial charge in [0, 0.05) is 11.8 Å². The van der Waals surface area contributed by atoms with Crippen molar-refractivity contribution in [2.75, 3.05) is 18.1 Å². The maximum atomic E-state index is 12.8. The zero-order chi connectivity index (χ0) is 24.5. The lowest BCUT2D eigenvalue weighted by molar-refractivity contribution is -0.123. The SMILES string of the molecule is N=CCNC(=O)C(CS(=O)(=O)Cc1ccccc1)CS(=O)(=O)Cc1ccccc1OC(F)F. The van der Waals surface area contributed by atoms with E-state index in [0.717, 1.165) is 6.21 Å². The van der Waals surface area contributed by atoms with E-state index in [9.17, 15) is 30.4 Å². The summed E-state index contributed by atoms with van der Waals surface area (Å²) in [5, 5.41) is 9.33. The Labute approximate surface area is 191 Å². The summed E-state index contributed by atoms with van der Waals surface area (Å²) in [5.74, 6) is -5.27. The number of hydrogen-bond acceptors (Lipinski definition) is 7. The molecule has 0 aromatic heterocycles. The van der Waals surface area contributed by atoms with Crippen molar-refractivity contribution in [3.63, 3.8) is 0 Å². The van der Waals surface area contributed by atoms with E-state index in [4.69, 9.17) is 5.41 Å². The Morgan fingerprint density at radius 1 is 0.939 bits per heavy atom. The summed E-state index contributed by atoms with van der Waals surface area (Å²) in [7, 11) is -7.99. The number of alkyl halides is 2. The van der Waals surface area contributed by atoms with Crippen LogP contribution in [0.2, 0.25) is 0 Å². The zero-order valence-electron chi connectivity index (χ0n) is 17.5. The predicted octanol–water partition coefficient (Wildman–Crippen LogP) is 2.20. The largest absolute Gasteiger partial charge is 0.435 e. The fraction of sp³-hybridized carbons (Fsp3) is 0.333. The summed E-state index contributed by atoms with van der Waals surface area (Å²) in [4.78, 5) is 12.5. The molecule has 0 spiro atoms. The average Bonchev–Trinajstić information content (AvgIpc) is 2.72. The lowest BCUT2D eigenvalue weighted by Crippen LogP contribution is -2.40. The third-order valence-corrected chi connectivity index (χ3v) is 7.80. The lowest BCUT2D eigenvalue weighted by Gasteiger charge is -2.17. The molecule has 2 N–H and O–H groups in total. The van der Waals surface area contributed by atoms with Crippen molar-refractivity contribution in [3.05, 3.63) is 65.7 Å². The van der Waals surface area contributed by atoms with Crippen LogP contribution in [0, 0.1) is 11.3 Å². The fourth-order valence-electron chi connectivity index (χ4n) is 3.13. The molecule has 2 rings (SSSR count). The number of carbonyl (C=O) groups is 1. The average molecular weight is 503 g/mol. The molecule has 0 bridgehead atoms. The first kappa shape index (κ1) is 26.4. The Bertz CT molecular complexity index is 1160. The maximum Gasteiger partial charge on any atom is 0.387 e. The summed E-state index contributed by atoms with van der Waals surface area (Å²) in [6, 6.07) is 13.5. The molecular weight excluding hydrogens is 478 g/mol. The second-order valence-electron chi connectivity index (χ2n) is 7.23. The number of hydrogen-bond donors (Lipinski definition) is 2. The van der Waals surface area contributed by atoms with Crippen LogP contribution >= 0.6 is 0 Å². The first-order valence-corrected chi connectivity index (χ1v) is 13.4. The molecule has 0 saturated heterocycles. The summed E-state index contributed by atoms with van der Waals surface area (Å²) >= 11 is 0. The number of carbonyl (C=O) groups excluding carboxylic acids is 1. The van der Waals surface area contributed by atoms with Gasteiger partial charge in [-0.2, -0.15) is 8.78 Å². The Morgan fingerprint density at radius 2 is 1.52 bits per heavy atom. The number of nitrogens with one attached hydrogen (secondary N) is 2. The van der Waals surface area contributed by atoms with Crippen molar-refractivity contribution in [2.24, 2.45) is 5.92 Å². The van der Waals surface area contributed by atoms with Crippen LogP contribution < -0.4 is 10.1 Å². The van der Waals surface area contributed by atoms with Gasteiger partial charge in [-0.1, -0.05) is 48.5 Å². The monoisotopic (exact) mass is 502 g/mol. The van der Waals surface area contributed by atoms with E-state index in [0.29, 0.717) is 5.56 Å². The molecule has 1 amide bonds. The first-order valence-electron chi connectivity index (χ1n) is 9.75. The minimum Gasteiger partial charge on any atom is -0.435 e. The van der Waals surface area contributed by atoms with Gasteiger partial charge in [0.2, 0.25) is 5.91 Å². The van der Waals surface area contributed by atoms with Crippen LogP contribution in [-0.2, 0) is 36.0 Å². The van der Waals surface area contributed by atoms with Crippen molar-refractivity contribution in [3.8, 4) is 5.75 Å². The molecule has 0 fully saturated rings. The van der Waals surface area contributed by atoms with Gasteiger partial charge in [-0.15, -0.1) is 0 Å². The van der Waals surface area contributed by atoms with E-state index in [2.05, 4.69) is 10.1 Å². The minimum atomic E-state index is -4.11. The Hall–Kier alpha value is -2.86. The molecule has 2 aromatic rings. The molecule has 8 nitrogen and oxygen atoms in total. The van der Waals surface area contributed by atoms with Crippen molar-refractivity contribution in [1.29, 1.82) is 5.41 Å². The van der Waals surface area contributed by atoms with Gasteiger partial charge in [-0.25, -0.2) is 16.8 Å². The Kier molecular flexibility index (Phi) is 9.47. The van der Waals surface area contributed by atoms with Crippen LogP contribution in [0.25, 0.3) is 0 Å².